The van der Waals surface area contributed by atoms with Gasteiger partial charge in [0.1, 0.15) is 5.75 Å². The topological polar surface area (TPSA) is 90.4 Å². The van der Waals surface area contributed by atoms with Crippen LogP contribution in [-0.4, -0.2) is 61.1 Å². The molecule has 10 heteroatoms. The highest BCUT2D eigenvalue weighted by Gasteiger charge is 2.14. The molecule has 0 radical (unpaired) electrons. The van der Waals surface area contributed by atoms with Crippen molar-refractivity contribution in [3.8, 4) is 16.3 Å². The highest BCUT2D eigenvalue weighted by Crippen LogP contribution is 2.25. The molecule has 9 nitrogen and oxygen atoms in total. The van der Waals surface area contributed by atoms with E-state index in [-0.39, 0.29) is 12.5 Å². The van der Waals surface area contributed by atoms with Gasteiger partial charge in [0.15, 0.2) is 17.4 Å². The van der Waals surface area contributed by atoms with Gasteiger partial charge in [-0.3, -0.25) is 9.48 Å². The molecule has 3 heterocycles. The van der Waals surface area contributed by atoms with Gasteiger partial charge in [-0.25, -0.2) is 0 Å². The monoisotopic (exact) mass is 397 g/mol. The third-order valence-electron chi connectivity index (χ3n) is 4.15. The average Bonchev–Trinajstić information content (AvgIpc) is 3.37. The van der Waals surface area contributed by atoms with E-state index in [0.717, 1.165) is 26.9 Å². The van der Waals surface area contributed by atoms with Crippen molar-refractivity contribution in [1.29, 1.82) is 0 Å². The predicted octanol–water partition coefficient (Wildman–Crippen LogP) is 1.64. The zero-order chi connectivity index (χ0) is 19.7. The van der Waals surface area contributed by atoms with E-state index in [1.54, 1.807) is 29.5 Å². The molecule has 144 valence electrons. The van der Waals surface area contributed by atoms with E-state index in [9.17, 15) is 4.79 Å². The van der Waals surface area contributed by atoms with E-state index >= 15 is 0 Å². The summed E-state index contributed by atoms with van der Waals surface area (Å²) in [7, 11) is 5.28. The van der Waals surface area contributed by atoms with E-state index in [1.165, 1.54) is 16.2 Å². The van der Waals surface area contributed by atoms with E-state index in [0.29, 0.717) is 12.2 Å². The Hall–Kier alpha value is -3.27. The number of hydrogen-bond donors (Lipinski definition) is 0. The molecule has 0 atom stereocenters. The molecule has 0 unspecified atom stereocenters. The zero-order valence-corrected chi connectivity index (χ0v) is 16.6. The summed E-state index contributed by atoms with van der Waals surface area (Å²) in [6, 6.07) is 7.59. The van der Waals surface area contributed by atoms with Crippen molar-refractivity contribution in [2.45, 2.75) is 6.42 Å². The quantitative estimate of drug-likeness (QED) is 0.491. The Kier molecular flexibility index (Phi) is 4.78. The molecule has 0 spiro atoms. The molecule has 1 aromatic carbocycles. The molecule has 28 heavy (non-hydrogen) atoms. The smallest absolute Gasteiger partial charge is 0.259 e. The number of hydrogen-bond acceptors (Lipinski definition) is 7. The van der Waals surface area contributed by atoms with Gasteiger partial charge >= 0.3 is 0 Å². The Morgan fingerprint density at radius 1 is 1.21 bits per heavy atom. The number of benzene rings is 1. The number of aryl methyl sites for hydroxylation is 1. The lowest BCUT2D eigenvalue weighted by molar-refractivity contribution is -0.130. The zero-order valence-electron chi connectivity index (χ0n) is 15.7. The Morgan fingerprint density at radius 2 is 2.00 bits per heavy atom. The Balaban J connectivity index is 1.47. The van der Waals surface area contributed by atoms with Crippen molar-refractivity contribution < 1.29 is 9.53 Å². The van der Waals surface area contributed by atoms with Crippen LogP contribution in [0.1, 0.15) is 11.4 Å². The SMILES string of the molecule is CN(C)C(=O)COc1ccc(Cc2nnc3sc(-c4cnn(C)c4)nn23)cc1. The van der Waals surface area contributed by atoms with Gasteiger partial charge in [-0.05, 0) is 17.7 Å². The van der Waals surface area contributed by atoms with Crippen LogP contribution in [0.5, 0.6) is 5.75 Å². The fourth-order valence-corrected chi connectivity index (χ4v) is 3.41. The molecule has 0 aliphatic carbocycles. The molecular weight excluding hydrogens is 378 g/mol. The van der Waals surface area contributed by atoms with Crippen LogP contribution in [0.25, 0.3) is 15.5 Å². The summed E-state index contributed by atoms with van der Waals surface area (Å²) in [5, 5.41) is 18.1. The van der Waals surface area contributed by atoms with Gasteiger partial charge in [0.2, 0.25) is 4.96 Å². The van der Waals surface area contributed by atoms with Crippen molar-refractivity contribution in [2.24, 2.45) is 7.05 Å². The second kappa shape index (κ2) is 7.39. The molecule has 0 saturated carbocycles. The number of aromatic nitrogens is 6. The normalized spacial score (nSPS) is 11.1. The first-order chi connectivity index (χ1) is 13.5. The number of carbonyl (C=O) groups is 1. The van der Waals surface area contributed by atoms with E-state index in [1.807, 2.05) is 37.5 Å². The van der Waals surface area contributed by atoms with Gasteiger partial charge in [-0.15, -0.1) is 10.2 Å². The summed E-state index contributed by atoms with van der Waals surface area (Å²) < 4.78 is 9.02. The van der Waals surface area contributed by atoms with Gasteiger partial charge in [-0.1, -0.05) is 23.5 Å². The fourth-order valence-electron chi connectivity index (χ4n) is 2.58. The van der Waals surface area contributed by atoms with Crippen molar-refractivity contribution in [3.05, 3.63) is 48.0 Å². The number of carbonyl (C=O) groups excluding carboxylic acids is 1. The first-order valence-corrected chi connectivity index (χ1v) is 9.43. The van der Waals surface area contributed by atoms with Crippen molar-refractivity contribution >= 4 is 22.2 Å². The van der Waals surface area contributed by atoms with Crippen LogP contribution in [0.2, 0.25) is 0 Å². The summed E-state index contributed by atoms with van der Waals surface area (Å²) in [5.74, 6) is 1.33. The molecule has 0 saturated heterocycles. The van der Waals surface area contributed by atoms with Crippen LogP contribution in [0, 0.1) is 0 Å². The first kappa shape index (κ1) is 18.1. The van der Waals surface area contributed by atoms with Gasteiger partial charge in [-0.2, -0.15) is 14.7 Å². The lowest BCUT2D eigenvalue weighted by Gasteiger charge is -2.11. The molecule has 0 bridgehead atoms. The molecular formula is C18H19N7O2S. The summed E-state index contributed by atoms with van der Waals surface area (Å²) in [6.07, 6.45) is 4.30. The highest BCUT2D eigenvalue weighted by atomic mass is 32.1. The van der Waals surface area contributed by atoms with Gasteiger partial charge in [0, 0.05) is 33.8 Å². The van der Waals surface area contributed by atoms with Gasteiger partial charge in [0.05, 0.1) is 11.8 Å². The Bertz CT molecular complexity index is 1110. The molecule has 0 N–H and O–H groups in total. The summed E-state index contributed by atoms with van der Waals surface area (Å²) >= 11 is 1.48. The van der Waals surface area contributed by atoms with Crippen molar-refractivity contribution in [1.82, 2.24) is 34.5 Å². The minimum absolute atomic E-state index is 0.0209. The van der Waals surface area contributed by atoms with Crippen molar-refractivity contribution in [3.63, 3.8) is 0 Å². The van der Waals surface area contributed by atoms with E-state index < -0.39 is 0 Å². The second-order valence-electron chi connectivity index (χ2n) is 6.52. The number of rotatable bonds is 6. The lowest BCUT2D eigenvalue weighted by atomic mass is 10.1. The van der Waals surface area contributed by atoms with Gasteiger partial charge < -0.3 is 9.64 Å². The Morgan fingerprint density at radius 3 is 2.68 bits per heavy atom. The maximum Gasteiger partial charge on any atom is 0.259 e. The predicted molar refractivity (Wildman–Crippen MR) is 104 cm³/mol. The number of likely N-dealkylation sites (N-methyl/N-ethyl adjacent to an activating group) is 1. The number of nitrogens with zero attached hydrogens (tertiary/aromatic N) is 7. The minimum atomic E-state index is -0.0807. The van der Waals surface area contributed by atoms with Crippen LogP contribution in [-0.2, 0) is 18.3 Å². The summed E-state index contributed by atoms with van der Waals surface area (Å²) in [4.78, 5) is 13.8. The van der Waals surface area contributed by atoms with Crippen LogP contribution < -0.4 is 4.74 Å². The van der Waals surface area contributed by atoms with Crippen LogP contribution in [0.3, 0.4) is 0 Å². The van der Waals surface area contributed by atoms with Gasteiger partial charge in [0.25, 0.3) is 5.91 Å². The van der Waals surface area contributed by atoms with E-state index in [4.69, 9.17) is 4.74 Å². The maximum absolute atomic E-state index is 11.6. The summed E-state index contributed by atoms with van der Waals surface area (Å²) in [6.45, 7) is 0.0209. The molecule has 3 aromatic heterocycles. The van der Waals surface area contributed by atoms with Crippen LogP contribution >= 0.6 is 11.3 Å². The first-order valence-electron chi connectivity index (χ1n) is 8.61. The highest BCUT2D eigenvalue weighted by molar-refractivity contribution is 7.19. The maximum atomic E-state index is 11.6. The lowest BCUT2D eigenvalue weighted by Crippen LogP contribution is -2.27. The standard InChI is InChI=1S/C18H19N7O2S/c1-23(2)16(26)11-27-14-6-4-12(5-7-14)8-15-20-21-18-25(15)22-17(28-18)13-9-19-24(3)10-13/h4-7,9-10H,8,11H2,1-3H3. The molecule has 0 aliphatic rings. The third-order valence-corrected chi connectivity index (χ3v) is 5.10. The fraction of sp³-hybridized carbons (Fsp3) is 0.278. The molecule has 4 rings (SSSR count). The number of fused-ring (bicyclic) bond motifs is 1. The molecule has 0 aliphatic heterocycles. The number of ether oxygens (including phenoxy) is 1. The van der Waals surface area contributed by atoms with Crippen molar-refractivity contribution in [2.75, 3.05) is 20.7 Å². The third kappa shape index (κ3) is 3.72. The summed E-state index contributed by atoms with van der Waals surface area (Å²) in [5.41, 5.74) is 2.01. The Labute approximate surface area is 165 Å². The average molecular weight is 397 g/mol. The molecule has 1 amide bonds. The number of amides is 1. The molecule has 4 aromatic rings. The van der Waals surface area contributed by atoms with E-state index in [2.05, 4.69) is 20.4 Å². The van der Waals surface area contributed by atoms with Crippen LogP contribution in [0.4, 0.5) is 0 Å². The molecule has 0 fully saturated rings. The van der Waals surface area contributed by atoms with Crippen LogP contribution in [0.15, 0.2) is 36.7 Å². The second-order valence-corrected chi connectivity index (χ2v) is 7.47. The minimum Gasteiger partial charge on any atom is -0.484 e. The largest absolute Gasteiger partial charge is 0.484 e.